The molecule has 4 N–H and O–H groups in total. The molecule has 14 nitrogen and oxygen atoms in total. The monoisotopic (exact) mass is 849 g/mol. The van der Waals surface area contributed by atoms with Crippen molar-refractivity contribution in [3.63, 3.8) is 0 Å². The Hall–Kier alpha value is -6.02. The lowest BCUT2D eigenvalue weighted by Crippen LogP contribution is -2.59. The first-order valence-electron chi connectivity index (χ1n) is 21.1. The molecule has 1 aliphatic rings. The highest BCUT2D eigenvalue weighted by molar-refractivity contribution is 5.89. The summed E-state index contributed by atoms with van der Waals surface area (Å²) in [5.41, 5.74) is 3.45. The molecule has 0 bridgehead atoms. The molecule has 5 atom stereocenters. The normalized spacial score (nSPS) is 15.6. The number of aliphatic hydroxyl groups is 1. The number of hydrogen-bond acceptors (Lipinski definition) is 8. The third-order valence-corrected chi connectivity index (χ3v) is 11.2. The minimum Gasteiger partial charge on any atom is -0.481 e. The first kappa shape index (κ1) is 47.0. The number of ether oxygens (including phenoxy) is 1. The molecule has 3 heterocycles. The molecule has 1 saturated heterocycles. The molecule has 0 unspecified atom stereocenters. The molecule has 0 saturated carbocycles. The molecule has 332 valence electrons. The number of aliphatic hydroxyl groups excluding tert-OH is 1. The summed E-state index contributed by atoms with van der Waals surface area (Å²) < 4.78 is 5.30. The van der Waals surface area contributed by atoms with E-state index in [1.807, 2.05) is 113 Å². The molecule has 14 heteroatoms. The fraction of sp³-hybridized carbons (Fsp3) is 0.458. The van der Waals surface area contributed by atoms with Crippen molar-refractivity contribution in [1.82, 2.24) is 35.3 Å². The van der Waals surface area contributed by atoms with Gasteiger partial charge in [-0.05, 0) is 66.3 Å². The number of nitrogens with one attached hydrogen (secondary N) is 2. The maximum atomic E-state index is 14.6. The predicted octanol–water partition coefficient (Wildman–Crippen LogP) is 6.34. The third-order valence-electron chi connectivity index (χ3n) is 11.2. The van der Waals surface area contributed by atoms with Gasteiger partial charge >= 0.3 is 12.1 Å². The Labute approximate surface area is 365 Å². The lowest BCUT2D eigenvalue weighted by molar-refractivity contribution is -0.131. The average Bonchev–Trinajstić information content (AvgIpc) is 3.54. The van der Waals surface area contributed by atoms with Gasteiger partial charge in [-0.15, -0.1) is 0 Å². The van der Waals surface area contributed by atoms with Crippen LogP contribution in [-0.4, -0.2) is 116 Å². The van der Waals surface area contributed by atoms with Crippen molar-refractivity contribution in [2.75, 3.05) is 27.2 Å². The zero-order chi connectivity index (χ0) is 45.4. The molecule has 4 aromatic rings. The SMILES string of the molecule is COc1cccc(-c2ccc(C[C@H](NC(=O)[C@@H](N(C)C(=O)O)C(C)(C)C)[C@H](O)C[C@H](Cc3ccccc3)NC(=O)[C@@H](N3CCN(Cc4cccc(C)n4)C3=O)C(C)(C)C)cc2)n1. The Kier molecular flexibility index (Phi) is 15.4. The molecule has 62 heavy (non-hydrogen) atoms. The van der Waals surface area contributed by atoms with E-state index in [-0.39, 0.29) is 24.8 Å². The summed E-state index contributed by atoms with van der Waals surface area (Å²) in [4.78, 5) is 68.4. The molecule has 1 fully saturated rings. The van der Waals surface area contributed by atoms with E-state index in [9.17, 15) is 29.4 Å². The summed E-state index contributed by atoms with van der Waals surface area (Å²) in [7, 11) is 2.91. The number of benzene rings is 2. The number of carbonyl (C=O) groups is 4. The van der Waals surface area contributed by atoms with Crippen LogP contribution in [-0.2, 0) is 29.0 Å². The Morgan fingerprint density at radius 3 is 2.08 bits per heavy atom. The van der Waals surface area contributed by atoms with Gasteiger partial charge in [0.1, 0.15) is 12.1 Å². The van der Waals surface area contributed by atoms with Crippen LogP contribution in [0.2, 0.25) is 0 Å². The summed E-state index contributed by atoms with van der Waals surface area (Å²) in [5.74, 6) is -0.432. The molecular weight excluding hydrogens is 787 g/mol. The van der Waals surface area contributed by atoms with Crippen molar-refractivity contribution in [2.24, 2.45) is 10.8 Å². The predicted molar refractivity (Wildman–Crippen MR) is 238 cm³/mol. The van der Waals surface area contributed by atoms with Crippen LogP contribution in [0.1, 0.15) is 70.5 Å². The van der Waals surface area contributed by atoms with Gasteiger partial charge in [0.25, 0.3) is 0 Å². The van der Waals surface area contributed by atoms with Crippen molar-refractivity contribution in [1.29, 1.82) is 0 Å². The highest BCUT2D eigenvalue weighted by Gasteiger charge is 2.44. The second-order valence-corrected chi connectivity index (χ2v) is 18.4. The van der Waals surface area contributed by atoms with Crippen LogP contribution in [0.5, 0.6) is 5.88 Å². The van der Waals surface area contributed by atoms with E-state index in [1.54, 1.807) is 43.7 Å². The molecule has 2 aromatic heterocycles. The van der Waals surface area contributed by atoms with Crippen LogP contribution in [0.15, 0.2) is 91.0 Å². The minimum absolute atomic E-state index is 0.0301. The molecule has 0 aliphatic carbocycles. The number of hydrogen-bond donors (Lipinski definition) is 4. The Bertz CT molecular complexity index is 2150. The second kappa shape index (κ2) is 20.2. The van der Waals surface area contributed by atoms with Crippen molar-refractivity contribution in [3.05, 3.63) is 114 Å². The maximum absolute atomic E-state index is 14.6. The van der Waals surface area contributed by atoms with Crippen molar-refractivity contribution in [3.8, 4) is 17.1 Å². The molecule has 0 radical (unpaired) electrons. The largest absolute Gasteiger partial charge is 0.481 e. The van der Waals surface area contributed by atoms with Gasteiger partial charge in [-0.1, -0.05) is 108 Å². The highest BCUT2D eigenvalue weighted by atomic mass is 16.5. The van der Waals surface area contributed by atoms with Crippen LogP contribution in [0.3, 0.4) is 0 Å². The fourth-order valence-electron chi connectivity index (χ4n) is 8.26. The average molecular weight is 850 g/mol. The number of carboxylic acid groups (broad SMARTS) is 1. The van der Waals surface area contributed by atoms with E-state index in [0.29, 0.717) is 37.6 Å². The molecule has 1 aliphatic heterocycles. The Morgan fingerprint density at radius 1 is 0.806 bits per heavy atom. The van der Waals surface area contributed by atoms with E-state index in [2.05, 4.69) is 20.6 Å². The first-order chi connectivity index (χ1) is 29.2. The van der Waals surface area contributed by atoms with E-state index in [0.717, 1.165) is 33.0 Å². The number of rotatable bonds is 17. The topological polar surface area (TPSA) is 178 Å². The fourth-order valence-corrected chi connectivity index (χ4v) is 8.26. The number of carbonyl (C=O) groups excluding carboxylic acids is 3. The lowest BCUT2D eigenvalue weighted by atomic mass is 9.84. The number of pyridine rings is 2. The molecular formula is C48H63N7O7. The highest BCUT2D eigenvalue weighted by Crippen LogP contribution is 2.30. The van der Waals surface area contributed by atoms with Gasteiger partial charge in [-0.2, -0.15) is 0 Å². The van der Waals surface area contributed by atoms with Crippen LogP contribution in [0.4, 0.5) is 9.59 Å². The van der Waals surface area contributed by atoms with Gasteiger partial charge in [0.2, 0.25) is 17.7 Å². The summed E-state index contributed by atoms with van der Waals surface area (Å²) in [6, 6.07) is 24.7. The zero-order valence-corrected chi connectivity index (χ0v) is 37.5. The summed E-state index contributed by atoms with van der Waals surface area (Å²) in [6.07, 6.45) is -1.89. The van der Waals surface area contributed by atoms with Crippen LogP contribution < -0.4 is 15.4 Å². The van der Waals surface area contributed by atoms with Crippen LogP contribution in [0, 0.1) is 17.8 Å². The number of methoxy groups -OCH3 is 1. The number of amides is 5. The van der Waals surface area contributed by atoms with Crippen molar-refractivity contribution >= 4 is 23.9 Å². The number of likely N-dealkylation sites (N-methyl/N-ethyl adjacent to an activating group) is 1. The van der Waals surface area contributed by atoms with Crippen molar-refractivity contribution in [2.45, 2.75) is 105 Å². The lowest BCUT2D eigenvalue weighted by Gasteiger charge is -2.38. The van der Waals surface area contributed by atoms with E-state index in [4.69, 9.17) is 4.74 Å². The van der Waals surface area contributed by atoms with Gasteiger partial charge < -0.3 is 35.4 Å². The maximum Gasteiger partial charge on any atom is 0.407 e. The molecule has 0 spiro atoms. The van der Waals surface area contributed by atoms with E-state index in [1.165, 1.54) is 7.05 Å². The number of urea groups is 1. The standard InChI is InChI=1S/C48H63N7O7/c1-31-15-13-18-35(49-31)30-54-25-26-55(45(54)59)42(48(5,6)7)44(58)50-36(27-32-16-11-10-12-17-32)29-39(56)38(52-43(57)41(47(2,3)4)53(8)46(60)61)28-33-21-23-34(24-22-33)37-19-14-20-40(51-37)62-9/h10-24,36,38-39,41-42,56H,25-30H2,1-9H3,(H,50,58)(H,52,57)(H,60,61)/t36-,38-,39+,41+,42+/m0/s1. The van der Waals surface area contributed by atoms with E-state index < -0.39 is 53.1 Å². The van der Waals surface area contributed by atoms with Gasteiger partial charge in [0.05, 0.1) is 37.2 Å². The van der Waals surface area contributed by atoms with Gasteiger partial charge in [-0.3, -0.25) is 19.5 Å². The quantitative estimate of drug-likeness (QED) is 0.0944. The number of nitrogens with zero attached hydrogens (tertiary/aromatic N) is 5. The Balaban J connectivity index is 1.43. The third kappa shape index (κ3) is 12.3. The summed E-state index contributed by atoms with van der Waals surface area (Å²) in [5, 5.41) is 28.4. The smallest absolute Gasteiger partial charge is 0.407 e. The minimum atomic E-state index is -1.26. The first-order valence-corrected chi connectivity index (χ1v) is 21.1. The Morgan fingerprint density at radius 2 is 1.47 bits per heavy atom. The summed E-state index contributed by atoms with van der Waals surface area (Å²) >= 11 is 0. The second-order valence-electron chi connectivity index (χ2n) is 18.4. The van der Waals surface area contributed by atoms with E-state index >= 15 is 0 Å². The van der Waals surface area contributed by atoms with Gasteiger partial charge in [-0.25, -0.2) is 14.6 Å². The van der Waals surface area contributed by atoms with Gasteiger partial charge in [0.15, 0.2) is 0 Å². The number of aryl methyl sites for hydroxylation is 1. The summed E-state index contributed by atoms with van der Waals surface area (Å²) in [6.45, 7) is 14.2. The molecule has 5 amide bonds. The number of aromatic nitrogens is 2. The van der Waals surface area contributed by atoms with Gasteiger partial charge in [0, 0.05) is 43.5 Å². The van der Waals surface area contributed by atoms with Crippen molar-refractivity contribution < 1.29 is 34.1 Å². The van der Waals surface area contributed by atoms with Crippen LogP contribution in [0.25, 0.3) is 11.3 Å². The molecule has 2 aromatic carbocycles. The zero-order valence-electron chi connectivity index (χ0n) is 37.5. The molecule has 5 rings (SSSR count). The van der Waals surface area contributed by atoms with Crippen LogP contribution >= 0.6 is 0 Å².